The number of benzene rings is 1. The van der Waals surface area contributed by atoms with Crippen molar-refractivity contribution < 1.29 is 19.4 Å². The van der Waals surface area contributed by atoms with Crippen molar-refractivity contribution in [3.05, 3.63) is 29.3 Å². The first kappa shape index (κ1) is 12.5. The second-order valence-electron chi connectivity index (χ2n) is 3.43. The van der Waals surface area contributed by atoms with Gasteiger partial charge in [-0.15, -0.1) is 0 Å². The summed E-state index contributed by atoms with van der Waals surface area (Å²) in [5.41, 5.74) is 1.93. The first-order valence-corrected chi connectivity index (χ1v) is 5.21. The zero-order valence-corrected chi connectivity index (χ0v) is 9.53. The lowest BCUT2D eigenvalue weighted by atomic mass is 10.1. The summed E-state index contributed by atoms with van der Waals surface area (Å²) in [6.07, 6.45) is -0.639. The minimum Gasteiger partial charge on any atom is -0.449 e. The maximum Gasteiger partial charge on any atom is 0.511 e. The molecule has 0 aliphatic heterocycles. The molecule has 0 fully saturated rings. The van der Waals surface area contributed by atoms with E-state index in [9.17, 15) is 4.79 Å². The molecule has 0 amide bonds. The number of hydrogen-bond acceptors (Lipinski definition) is 3. The predicted octanol–water partition coefficient (Wildman–Crippen LogP) is 2.63. The molecule has 4 heteroatoms. The summed E-state index contributed by atoms with van der Waals surface area (Å²) in [6.45, 7) is 5.09. The minimum absolute atomic E-state index is 0.387. The molecule has 0 saturated carbocycles. The molecule has 0 heterocycles. The second kappa shape index (κ2) is 6.12. The molecule has 0 radical (unpaired) electrons. The fraction of sp³-hybridized carbons (Fsp3) is 0.417. The summed E-state index contributed by atoms with van der Waals surface area (Å²) in [4.78, 5) is 10.5. The van der Waals surface area contributed by atoms with E-state index in [1.54, 1.807) is 6.07 Å². The van der Waals surface area contributed by atoms with Crippen molar-refractivity contribution >= 4 is 6.16 Å². The quantitative estimate of drug-likeness (QED) is 0.474. The maximum absolute atomic E-state index is 10.5. The molecular weight excluding hydrogens is 208 g/mol. The van der Waals surface area contributed by atoms with Crippen LogP contribution in [0.15, 0.2) is 18.2 Å². The van der Waals surface area contributed by atoms with Crippen LogP contribution in [-0.4, -0.2) is 24.5 Å². The molecule has 1 N–H and O–H groups in total. The third-order valence-electron chi connectivity index (χ3n) is 2.13. The van der Waals surface area contributed by atoms with E-state index in [1.165, 1.54) is 0 Å². The number of carboxylic acid groups (broad SMARTS) is 1. The Bertz CT molecular complexity index is 360. The lowest BCUT2D eigenvalue weighted by Gasteiger charge is -2.09. The zero-order valence-electron chi connectivity index (χ0n) is 9.53. The lowest BCUT2D eigenvalue weighted by molar-refractivity contribution is 0.140. The van der Waals surface area contributed by atoms with Crippen LogP contribution in [-0.2, 0) is 11.2 Å². The van der Waals surface area contributed by atoms with Gasteiger partial charge in [-0.25, -0.2) is 4.79 Å². The Labute approximate surface area is 94.8 Å². The Balaban J connectivity index is 2.76. The van der Waals surface area contributed by atoms with Gasteiger partial charge in [-0.1, -0.05) is 17.7 Å². The highest BCUT2D eigenvalue weighted by molar-refractivity contribution is 5.62. The molecule has 0 bridgehead atoms. The van der Waals surface area contributed by atoms with Crippen LogP contribution in [0.4, 0.5) is 4.79 Å². The largest absolute Gasteiger partial charge is 0.511 e. The van der Waals surface area contributed by atoms with E-state index in [-0.39, 0.29) is 0 Å². The molecule has 16 heavy (non-hydrogen) atoms. The van der Waals surface area contributed by atoms with Crippen LogP contribution < -0.4 is 4.74 Å². The summed E-state index contributed by atoms with van der Waals surface area (Å²) >= 11 is 0. The van der Waals surface area contributed by atoms with Crippen molar-refractivity contribution in [3.63, 3.8) is 0 Å². The average Bonchev–Trinajstić information content (AvgIpc) is 2.22. The van der Waals surface area contributed by atoms with E-state index >= 15 is 0 Å². The first-order valence-electron chi connectivity index (χ1n) is 5.21. The Kier molecular flexibility index (Phi) is 4.79. The third kappa shape index (κ3) is 3.90. The van der Waals surface area contributed by atoms with Gasteiger partial charge in [-0.3, -0.25) is 0 Å². The van der Waals surface area contributed by atoms with Gasteiger partial charge in [0.25, 0.3) is 0 Å². The number of ether oxygens (including phenoxy) is 2. The summed E-state index contributed by atoms with van der Waals surface area (Å²) in [6, 6.07) is 5.41. The van der Waals surface area contributed by atoms with Crippen LogP contribution in [0.1, 0.15) is 18.1 Å². The minimum atomic E-state index is -1.29. The van der Waals surface area contributed by atoms with Crippen molar-refractivity contribution in [2.75, 3.05) is 13.2 Å². The molecule has 0 aromatic heterocycles. The third-order valence-corrected chi connectivity index (χ3v) is 2.13. The van der Waals surface area contributed by atoms with Crippen LogP contribution in [0, 0.1) is 6.92 Å². The van der Waals surface area contributed by atoms with Gasteiger partial charge in [-0.2, -0.15) is 0 Å². The fourth-order valence-electron chi connectivity index (χ4n) is 1.42. The molecular formula is C12H16O4. The van der Waals surface area contributed by atoms with E-state index in [1.807, 2.05) is 26.0 Å². The highest BCUT2D eigenvalue weighted by Gasteiger charge is 2.07. The normalized spacial score (nSPS) is 10.1. The Morgan fingerprint density at radius 2 is 2.19 bits per heavy atom. The molecule has 1 aromatic carbocycles. The highest BCUT2D eigenvalue weighted by Crippen LogP contribution is 2.20. The van der Waals surface area contributed by atoms with E-state index in [4.69, 9.17) is 14.6 Å². The Morgan fingerprint density at radius 1 is 1.44 bits per heavy atom. The van der Waals surface area contributed by atoms with Gasteiger partial charge in [0, 0.05) is 6.61 Å². The van der Waals surface area contributed by atoms with Gasteiger partial charge in [0.05, 0.1) is 6.61 Å². The van der Waals surface area contributed by atoms with Gasteiger partial charge in [0.2, 0.25) is 0 Å². The van der Waals surface area contributed by atoms with E-state index < -0.39 is 6.16 Å². The summed E-state index contributed by atoms with van der Waals surface area (Å²) in [5.74, 6) is 0.387. The molecule has 0 saturated heterocycles. The van der Waals surface area contributed by atoms with Gasteiger partial charge in [0.15, 0.2) is 0 Å². The van der Waals surface area contributed by atoms with Gasteiger partial charge in [-0.05, 0) is 31.9 Å². The van der Waals surface area contributed by atoms with Crippen LogP contribution in [0.2, 0.25) is 0 Å². The molecule has 0 atom stereocenters. The Hall–Kier alpha value is -1.55. The van der Waals surface area contributed by atoms with Gasteiger partial charge < -0.3 is 14.6 Å². The topological polar surface area (TPSA) is 55.8 Å². The van der Waals surface area contributed by atoms with Crippen molar-refractivity contribution in [2.24, 2.45) is 0 Å². The fourth-order valence-corrected chi connectivity index (χ4v) is 1.42. The maximum atomic E-state index is 10.5. The molecule has 88 valence electrons. The molecule has 1 aromatic rings. The molecule has 0 aliphatic carbocycles. The van der Waals surface area contributed by atoms with Gasteiger partial charge in [0.1, 0.15) is 5.75 Å². The smallest absolute Gasteiger partial charge is 0.449 e. The molecule has 0 spiro atoms. The van der Waals surface area contributed by atoms with E-state index in [2.05, 4.69) is 0 Å². The number of hydrogen-bond donors (Lipinski definition) is 1. The molecule has 0 aliphatic rings. The Morgan fingerprint density at radius 3 is 2.81 bits per heavy atom. The second-order valence-corrected chi connectivity index (χ2v) is 3.43. The first-order chi connectivity index (χ1) is 7.63. The molecule has 1 rings (SSSR count). The van der Waals surface area contributed by atoms with Crippen LogP contribution in [0.5, 0.6) is 5.75 Å². The zero-order chi connectivity index (χ0) is 12.0. The van der Waals surface area contributed by atoms with Gasteiger partial charge >= 0.3 is 6.16 Å². The van der Waals surface area contributed by atoms with Crippen LogP contribution >= 0.6 is 0 Å². The number of aryl methyl sites for hydroxylation is 1. The number of rotatable bonds is 5. The monoisotopic (exact) mass is 224 g/mol. The van der Waals surface area contributed by atoms with Crippen LogP contribution in [0.25, 0.3) is 0 Å². The highest BCUT2D eigenvalue weighted by atomic mass is 16.7. The summed E-state index contributed by atoms with van der Waals surface area (Å²) < 4.78 is 9.93. The average molecular weight is 224 g/mol. The van der Waals surface area contributed by atoms with Crippen molar-refractivity contribution in [2.45, 2.75) is 20.3 Å². The van der Waals surface area contributed by atoms with E-state index in [0.29, 0.717) is 25.4 Å². The molecule has 0 unspecified atom stereocenters. The lowest BCUT2D eigenvalue weighted by Crippen LogP contribution is -2.07. The van der Waals surface area contributed by atoms with Crippen molar-refractivity contribution in [3.8, 4) is 5.75 Å². The van der Waals surface area contributed by atoms with E-state index in [0.717, 1.165) is 11.1 Å². The standard InChI is InChI=1S/C12H16O4/c1-3-15-7-6-10-8-9(2)4-5-11(10)16-12(13)14/h4-5,8H,3,6-7H2,1-2H3,(H,13,14). The predicted molar refractivity (Wildman–Crippen MR) is 60.0 cm³/mol. The van der Waals surface area contributed by atoms with Crippen LogP contribution in [0.3, 0.4) is 0 Å². The molecule has 4 nitrogen and oxygen atoms in total. The number of carbonyl (C=O) groups is 1. The van der Waals surface area contributed by atoms with Crippen molar-refractivity contribution in [1.29, 1.82) is 0 Å². The SMILES string of the molecule is CCOCCc1cc(C)ccc1OC(=O)O. The summed E-state index contributed by atoms with van der Waals surface area (Å²) in [7, 11) is 0. The summed E-state index contributed by atoms with van der Waals surface area (Å²) in [5, 5.41) is 8.58. The van der Waals surface area contributed by atoms with Crippen molar-refractivity contribution in [1.82, 2.24) is 0 Å².